The number of benzene rings is 1. The SMILES string of the molecule is COC1(CNS(=O)(=O)c2ccc(Cl)cc2N)CCC1. The molecule has 1 aliphatic carbocycles. The summed E-state index contributed by atoms with van der Waals surface area (Å²) in [7, 11) is -2.04. The summed E-state index contributed by atoms with van der Waals surface area (Å²) in [4.78, 5) is 0.0440. The number of nitrogens with one attached hydrogen (secondary N) is 1. The molecule has 0 saturated heterocycles. The average Bonchev–Trinajstić information content (AvgIpc) is 2.27. The van der Waals surface area contributed by atoms with Gasteiger partial charge >= 0.3 is 0 Å². The molecule has 1 aromatic rings. The van der Waals surface area contributed by atoms with E-state index in [0.717, 1.165) is 19.3 Å². The fourth-order valence-corrected chi connectivity index (χ4v) is 3.50. The molecular weight excluding hydrogens is 288 g/mol. The van der Waals surface area contributed by atoms with Crippen LogP contribution in [0.4, 0.5) is 5.69 Å². The van der Waals surface area contributed by atoms with Crippen molar-refractivity contribution in [3.8, 4) is 0 Å². The van der Waals surface area contributed by atoms with E-state index in [9.17, 15) is 8.42 Å². The molecule has 0 unspecified atom stereocenters. The van der Waals surface area contributed by atoms with Crippen LogP contribution >= 0.6 is 11.6 Å². The van der Waals surface area contributed by atoms with E-state index in [1.807, 2.05) is 0 Å². The van der Waals surface area contributed by atoms with E-state index >= 15 is 0 Å². The number of ether oxygens (including phenoxy) is 1. The minimum atomic E-state index is -3.64. The number of nitrogens with two attached hydrogens (primary N) is 1. The van der Waals surface area contributed by atoms with Crippen molar-refractivity contribution in [2.24, 2.45) is 0 Å². The van der Waals surface area contributed by atoms with E-state index in [1.165, 1.54) is 18.2 Å². The molecule has 0 bridgehead atoms. The smallest absolute Gasteiger partial charge is 0.242 e. The lowest BCUT2D eigenvalue weighted by atomic mass is 9.80. The zero-order chi connectivity index (χ0) is 14.1. The Morgan fingerprint density at radius 2 is 2.16 bits per heavy atom. The van der Waals surface area contributed by atoms with Crippen LogP contribution in [0.3, 0.4) is 0 Å². The lowest BCUT2D eigenvalue weighted by molar-refractivity contribution is -0.0659. The van der Waals surface area contributed by atoms with Crippen LogP contribution in [0, 0.1) is 0 Å². The summed E-state index contributed by atoms with van der Waals surface area (Å²) < 4.78 is 32.3. The van der Waals surface area contributed by atoms with Gasteiger partial charge in [0.15, 0.2) is 0 Å². The number of nitrogen functional groups attached to an aromatic ring is 1. The Balaban J connectivity index is 2.14. The van der Waals surface area contributed by atoms with Crippen LogP contribution in [-0.4, -0.2) is 27.7 Å². The van der Waals surface area contributed by atoms with Gasteiger partial charge in [-0.2, -0.15) is 0 Å². The predicted octanol–water partition coefficient (Wildman–Crippen LogP) is 1.77. The molecule has 19 heavy (non-hydrogen) atoms. The maximum Gasteiger partial charge on any atom is 0.242 e. The molecule has 0 atom stereocenters. The van der Waals surface area contributed by atoms with Gasteiger partial charge < -0.3 is 10.5 Å². The Hall–Kier alpha value is -0.820. The van der Waals surface area contributed by atoms with E-state index in [2.05, 4.69) is 4.72 Å². The minimum absolute atomic E-state index is 0.0440. The number of halogens is 1. The molecule has 0 radical (unpaired) electrons. The first-order chi connectivity index (χ1) is 8.88. The van der Waals surface area contributed by atoms with Gasteiger partial charge in [0.05, 0.1) is 11.3 Å². The Kier molecular flexibility index (Phi) is 4.06. The molecule has 1 fully saturated rings. The maximum atomic E-state index is 12.2. The van der Waals surface area contributed by atoms with Crippen molar-refractivity contribution in [2.75, 3.05) is 19.4 Å². The van der Waals surface area contributed by atoms with Crippen LogP contribution in [0.2, 0.25) is 5.02 Å². The molecule has 1 saturated carbocycles. The van der Waals surface area contributed by atoms with E-state index in [1.54, 1.807) is 7.11 Å². The second-order valence-electron chi connectivity index (χ2n) is 4.75. The van der Waals surface area contributed by atoms with E-state index in [0.29, 0.717) is 5.02 Å². The van der Waals surface area contributed by atoms with Gasteiger partial charge in [0.25, 0.3) is 0 Å². The third kappa shape index (κ3) is 3.02. The summed E-state index contributed by atoms with van der Waals surface area (Å²) in [6.45, 7) is 0.258. The molecule has 0 heterocycles. The van der Waals surface area contributed by atoms with Crippen molar-refractivity contribution < 1.29 is 13.2 Å². The van der Waals surface area contributed by atoms with Gasteiger partial charge in [-0.05, 0) is 37.5 Å². The lowest BCUT2D eigenvalue weighted by Gasteiger charge is -2.40. The molecular formula is C12H17ClN2O3S. The predicted molar refractivity (Wildman–Crippen MR) is 74.6 cm³/mol. The van der Waals surface area contributed by atoms with Crippen molar-refractivity contribution in [3.05, 3.63) is 23.2 Å². The third-order valence-electron chi connectivity index (χ3n) is 3.54. The Morgan fingerprint density at radius 1 is 1.47 bits per heavy atom. The summed E-state index contributed by atoms with van der Waals surface area (Å²) in [6.07, 6.45) is 2.78. The van der Waals surface area contributed by atoms with Crippen LogP contribution in [0.1, 0.15) is 19.3 Å². The topological polar surface area (TPSA) is 81.4 Å². The molecule has 2 rings (SSSR count). The van der Waals surface area contributed by atoms with Crippen molar-refractivity contribution >= 4 is 27.3 Å². The van der Waals surface area contributed by atoms with Gasteiger partial charge in [-0.25, -0.2) is 13.1 Å². The fraction of sp³-hybridized carbons (Fsp3) is 0.500. The van der Waals surface area contributed by atoms with Gasteiger partial charge in [0, 0.05) is 18.7 Å². The highest BCUT2D eigenvalue weighted by Crippen LogP contribution is 2.34. The van der Waals surface area contributed by atoms with Crippen molar-refractivity contribution in [3.63, 3.8) is 0 Å². The van der Waals surface area contributed by atoms with Crippen molar-refractivity contribution in [2.45, 2.75) is 29.8 Å². The van der Waals surface area contributed by atoms with E-state index in [-0.39, 0.29) is 22.7 Å². The highest BCUT2D eigenvalue weighted by Gasteiger charge is 2.38. The Bertz CT molecular complexity index is 565. The van der Waals surface area contributed by atoms with Gasteiger partial charge in [-0.1, -0.05) is 11.6 Å². The van der Waals surface area contributed by atoms with Crippen LogP contribution in [-0.2, 0) is 14.8 Å². The monoisotopic (exact) mass is 304 g/mol. The molecule has 3 N–H and O–H groups in total. The molecule has 5 nitrogen and oxygen atoms in total. The van der Waals surface area contributed by atoms with Gasteiger partial charge in [0.2, 0.25) is 10.0 Å². The Labute approximate surface area is 118 Å². The van der Waals surface area contributed by atoms with Crippen LogP contribution in [0.25, 0.3) is 0 Å². The molecule has 0 amide bonds. The van der Waals surface area contributed by atoms with Crippen LogP contribution in [0.15, 0.2) is 23.1 Å². The maximum absolute atomic E-state index is 12.2. The highest BCUT2D eigenvalue weighted by atomic mass is 35.5. The molecule has 0 spiro atoms. The van der Waals surface area contributed by atoms with Gasteiger partial charge in [0.1, 0.15) is 4.90 Å². The van der Waals surface area contributed by atoms with Crippen LogP contribution < -0.4 is 10.5 Å². The molecule has 0 aromatic heterocycles. The van der Waals surface area contributed by atoms with Crippen LogP contribution in [0.5, 0.6) is 0 Å². The quantitative estimate of drug-likeness (QED) is 0.812. The van der Waals surface area contributed by atoms with E-state index < -0.39 is 10.0 Å². The summed E-state index contributed by atoms with van der Waals surface area (Å²) in [6, 6.07) is 4.33. The second-order valence-corrected chi connectivity index (χ2v) is 6.92. The molecule has 1 aromatic carbocycles. The number of anilines is 1. The molecule has 0 aliphatic heterocycles. The van der Waals surface area contributed by atoms with Gasteiger partial charge in [-0.3, -0.25) is 0 Å². The largest absolute Gasteiger partial charge is 0.398 e. The molecule has 106 valence electrons. The number of rotatable bonds is 5. The number of sulfonamides is 1. The van der Waals surface area contributed by atoms with Crippen molar-refractivity contribution in [1.82, 2.24) is 4.72 Å². The summed E-state index contributed by atoms with van der Waals surface area (Å²) >= 11 is 5.76. The minimum Gasteiger partial charge on any atom is -0.398 e. The normalized spacial score (nSPS) is 18.0. The van der Waals surface area contributed by atoms with Crippen molar-refractivity contribution in [1.29, 1.82) is 0 Å². The van der Waals surface area contributed by atoms with E-state index in [4.69, 9.17) is 22.1 Å². The standard InChI is InChI=1S/C12H17ClN2O3S/c1-18-12(5-2-6-12)8-15-19(16,17)11-4-3-9(13)7-10(11)14/h3-4,7,15H,2,5-6,8,14H2,1H3. The first-order valence-electron chi connectivity index (χ1n) is 5.98. The summed E-state index contributed by atoms with van der Waals surface area (Å²) in [5, 5.41) is 0.406. The average molecular weight is 305 g/mol. The first-order valence-corrected chi connectivity index (χ1v) is 7.84. The van der Waals surface area contributed by atoms with Gasteiger partial charge in [-0.15, -0.1) is 0 Å². The number of methoxy groups -OCH3 is 1. The highest BCUT2D eigenvalue weighted by molar-refractivity contribution is 7.89. The number of hydrogen-bond donors (Lipinski definition) is 2. The summed E-state index contributed by atoms with van der Waals surface area (Å²) in [5.74, 6) is 0. The summed E-state index contributed by atoms with van der Waals surface area (Å²) in [5.41, 5.74) is 5.46. The molecule has 1 aliphatic rings. The first kappa shape index (κ1) is 14.6. The Morgan fingerprint density at radius 3 is 2.63 bits per heavy atom. The lowest BCUT2D eigenvalue weighted by Crippen LogP contribution is -2.49. The second kappa shape index (κ2) is 5.28. The zero-order valence-electron chi connectivity index (χ0n) is 10.6. The zero-order valence-corrected chi connectivity index (χ0v) is 12.2. The molecule has 7 heteroatoms. The third-order valence-corrected chi connectivity index (χ3v) is 5.25. The fourth-order valence-electron chi connectivity index (χ4n) is 2.09. The number of hydrogen-bond acceptors (Lipinski definition) is 4.